The fourth-order valence-electron chi connectivity index (χ4n) is 2.18. The Morgan fingerprint density at radius 2 is 2.05 bits per heavy atom. The number of nitro groups is 1. The molecule has 1 aromatic rings. The van der Waals surface area contributed by atoms with Crippen LogP contribution in [0.1, 0.15) is 0 Å². The number of nitro benzene ring substituents is 1. The number of hydrogen-bond acceptors (Lipinski definition) is 6. The molecule has 0 unspecified atom stereocenters. The van der Waals surface area contributed by atoms with E-state index in [1.165, 1.54) is 25.2 Å². The van der Waals surface area contributed by atoms with Crippen molar-refractivity contribution in [1.82, 2.24) is 9.62 Å². The van der Waals surface area contributed by atoms with E-state index >= 15 is 0 Å². The zero-order valence-electron chi connectivity index (χ0n) is 10.8. The van der Waals surface area contributed by atoms with Crippen molar-refractivity contribution in [3.05, 3.63) is 34.4 Å². The van der Waals surface area contributed by atoms with Crippen LogP contribution in [0.5, 0.6) is 0 Å². The SMILES string of the molecule is CN([C@@H]1CNC[C@H]1O)S(=O)(=O)c1ccccc1[N+](=O)[O-]. The van der Waals surface area contributed by atoms with Crippen LogP contribution in [0.4, 0.5) is 5.69 Å². The quantitative estimate of drug-likeness (QED) is 0.575. The van der Waals surface area contributed by atoms with Gasteiger partial charge in [-0.2, -0.15) is 4.31 Å². The predicted molar refractivity (Wildman–Crippen MR) is 70.7 cm³/mol. The fraction of sp³-hybridized carbons (Fsp3) is 0.455. The number of benzene rings is 1. The third kappa shape index (κ3) is 2.52. The van der Waals surface area contributed by atoms with Gasteiger partial charge in [0.2, 0.25) is 10.0 Å². The summed E-state index contributed by atoms with van der Waals surface area (Å²) in [4.78, 5) is 9.84. The number of sulfonamides is 1. The van der Waals surface area contributed by atoms with Gasteiger partial charge < -0.3 is 10.4 Å². The molecule has 2 atom stereocenters. The van der Waals surface area contributed by atoms with Crippen LogP contribution < -0.4 is 5.32 Å². The van der Waals surface area contributed by atoms with E-state index in [-0.39, 0.29) is 4.90 Å². The minimum atomic E-state index is -4.04. The molecule has 1 aromatic carbocycles. The molecule has 0 aliphatic carbocycles. The van der Waals surface area contributed by atoms with Crippen LogP contribution in [0.15, 0.2) is 29.2 Å². The molecule has 2 rings (SSSR count). The zero-order valence-corrected chi connectivity index (χ0v) is 11.6. The first-order valence-electron chi connectivity index (χ1n) is 5.96. The Kier molecular flexibility index (Phi) is 4.04. The van der Waals surface area contributed by atoms with Gasteiger partial charge in [-0.3, -0.25) is 10.1 Å². The van der Waals surface area contributed by atoms with Crippen molar-refractivity contribution in [2.45, 2.75) is 17.0 Å². The number of nitrogens with one attached hydrogen (secondary N) is 1. The van der Waals surface area contributed by atoms with Gasteiger partial charge in [-0.1, -0.05) is 12.1 Å². The highest BCUT2D eigenvalue weighted by molar-refractivity contribution is 7.89. The van der Waals surface area contributed by atoms with Crippen molar-refractivity contribution < 1.29 is 18.4 Å². The van der Waals surface area contributed by atoms with Crippen molar-refractivity contribution in [3.8, 4) is 0 Å². The van der Waals surface area contributed by atoms with E-state index in [9.17, 15) is 23.6 Å². The molecule has 8 nitrogen and oxygen atoms in total. The van der Waals surface area contributed by atoms with Crippen LogP contribution in [0, 0.1) is 10.1 Å². The monoisotopic (exact) mass is 301 g/mol. The Hall–Kier alpha value is -1.55. The van der Waals surface area contributed by atoms with E-state index < -0.39 is 32.8 Å². The van der Waals surface area contributed by atoms with Crippen molar-refractivity contribution in [2.24, 2.45) is 0 Å². The Morgan fingerprint density at radius 1 is 1.40 bits per heavy atom. The first-order chi connectivity index (χ1) is 9.35. The average molecular weight is 301 g/mol. The normalized spacial score (nSPS) is 23.1. The molecule has 9 heteroatoms. The van der Waals surface area contributed by atoms with Crippen molar-refractivity contribution >= 4 is 15.7 Å². The summed E-state index contributed by atoms with van der Waals surface area (Å²) in [5, 5.41) is 23.6. The molecule has 1 heterocycles. The molecule has 0 bridgehead atoms. The lowest BCUT2D eigenvalue weighted by molar-refractivity contribution is -0.387. The average Bonchev–Trinajstić information content (AvgIpc) is 2.83. The largest absolute Gasteiger partial charge is 0.390 e. The maximum absolute atomic E-state index is 12.5. The number of aliphatic hydroxyl groups is 1. The molecule has 1 aliphatic rings. The highest BCUT2D eigenvalue weighted by Crippen LogP contribution is 2.27. The Morgan fingerprint density at radius 3 is 2.60 bits per heavy atom. The van der Waals surface area contributed by atoms with Crippen LogP contribution in [0.25, 0.3) is 0 Å². The Bertz CT molecular complexity index is 618. The molecule has 0 spiro atoms. The van der Waals surface area contributed by atoms with Gasteiger partial charge in [0.1, 0.15) is 0 Å². The van der Waals surface area contributed by atoms with Crippen LogP contribution in [-0.4, -0.2) is 55.0 Å². The molecular weight excluding hydrogens is 286 g/mol. The Labute approximate surface area is 116 Å². The number of para-hydroxylation sites is 1. The lowest BCUT2D eigenvalue weighted by Gasteiger charge is -2.25. The minimum Gasteiger partial charge on any atom is -0.390 e. The van der Waals surface area contributed by atoms with Crippen molar-refractivity contribution in [1.29, 1.82) is 0 Å². The second-order valence-corrected chi connectivity index (χ2v) is 6.50. The summed E-state index contributed by atoms with van der Waals surface area (Å²) in [7, 11) is -2.73. The molecule has 0 radical (unpaired) electrons. The molecule has 0 aromatic heterocycles. The van der Waals surface area contributed by atoms with Crippen LogP contribution in [0.3, 0.4) is 0 Å². The summed E-state index contributed by atoms with van der Waals surface area (Å²) in [6.45, 7) is 0.596. The maximum Gasteiger partial charge on any atom is 0.289 e. The number of hydrogen-bond donors (Lipinski definition) is 2. The molecule has 20 heavy (non-hydrogen) atoms. The highest BCUT2D eigenvalue weighted by atomic mass is 32.2. The van der Waals surface area contributed by atoms with Gasteiger partial charge in [-0.15, -0.1) is 0 Å². The number of β-amino-alcohol motifs (C(OH)–C–C–N with tert-alkyl or cyclic N) is 1. The number of nitrogens with zero attached hydrogens (tertiary/aromatic N) is 2. The number of rotatable bonds is 4. The zero-order chi connectivity index (χ0) is 14.9. The van der Waals surface area contributed by atoms with Crippen LogP contribution in [0.2, 0.25) is 0 Å². The molecule has 110 valence electrons. The fourth-order valence-corrected chi connectivity index (χ4v) is 3.72. The smallest absolute Gasteiger partial charge is 0.289 e. The molecular formula is C11H15N3O5S. The summed E-state index contributed by atoms with van der Waals surface area (Å²) in [5.41, 5.74) is -0.472. The van der Waals surface area contributed by atoms with Gasteiger partial charge >= 0.3 is 0 Å². The van der Waals surface area contributed by atoms with Crippen molar-refractivity contribution in [3.63, 3.8) is 0 Å². The summed E-state index contributed by atoms with van der Waals surface area (Å²) < 4.78 is 25.9. The standard InChI is InChI=1S/C11H15N3O5S/c1-13(9-6-12-7-10(9)15)20(18,19)11-5-3-2-4-8(11)14(16)17/h2-5,9-10,12,15H,6-7H2,1H3/t9-,10-/m1/s1. The number of aliphatic hydroxyl groups excluding tert-OH is 1. The third-order valence-electron chi connectivity index (χ3n) is 3.34. The highest BCUT2D eigenvalue weighted by Gasteiger charge is 2.38. The van der Waals surface area contributed by atoms with Gasteiger partial charge in [0.25, 0.3) is 5.69 Å². The lowest BCUT2D eigenvalue weighted by atomic mass is 10.2. The van der Waals surface area contributed by atoms with E-state index in [0.717, 1.165) is 10.4 Å². The summed E-state index contributed by atoms with van der Waals surface area (Å²) in [6, 6.07) is 4.53. The molecule has 1 saturated heterocycles. The summed E-state index contributed by atoms with van der Waals surface area (Å²) >= 11 is 0. The predicted octanol–water partition coefficient (Wildman–Crippen LogP) is -0.452. The minimum absolute atomic E-state index is 0.293. The second-order valence-electron chi connectivity index (χ2n) is 4.54. The topological polar surface area (TPSA) is 113 Å². The molecule has 1 aliphatic heterocycles. The summed E-state index contributed by atoms with van der Waals surface area (Å²) in [5.74, 6) is 0. The van der Waals surface area contributed by atoms with Gasteiger partial charge in [0.15, 0.2) is 4.90 Å². The summed E-state index contributed by atoms with van der Waals surface area (Å²) in [6.07, 6.45) is -0.836. The van der Waals surface area contributed by atoms with Crippen LogP contribution in [-0.2, 0) is 10.0 Å². The lowest BCUT2D eigenvalue weighted by Crippen LogP contribution is -2.44. The van der Waals surface area contributed by atoms with Crippen molar-refractivity contribution in [2.75, 3.05) is 20.1 Å². The van der Waals surface area contributed by atoms with E-state index in [0.29, 0.717) is 13.1 Å². The van der Waals surface area contributed by atoms with E-state index in [1.54, 1.807) is 0 Å². The third-order valence-corrected chi connectivity index (χ3v) is 5.27. The van der Waals surface area contributed by atoms with Crippen LogP contribution >= 0.6 is 0 Å². The van der Waals surface area contributed by atoms with E-state index in [2.05, 4.69) is 5.32 Å². The van der Waals surface area contributed by atoms with Gasteiger partial charge in [-0.05, 0) is 6.07 Å². The van der Waals surface area contributed by atoms with Gasteiger partial charge in [0.05, 0.1) is 17.1 Å². The molecule has 1 fully saturated rings. The molecule has 2 N–H and O–H groups in total. The Balaban J connectivity index is 2.43. The first-order valence-corrected chi connectivity index (χ1v) is 7.40. The van der Waals surface area contributed by atoms with Gasteiger partial charge in [-0.25, -0.2) is 8.42 Å². The maximum atomic E-state index is 12.5. The van der Waals surface area contributed by atoms with Gasteiger partial charge in [0, 0.05) is 26.2 Å². The van der Waals surface area contributed by atoms with E-state index in [1.807, 2.05) is 0 Å². The first kappa shape index (κ1) is 14.9. The molecule has 0 amide bonds. The van der Waals surface area contributed by atoms with E-state index in [4.69, 9.17) is 0 Å². The second kappa shape index (κ2) is 5.44. The molecule has 0 saturated carbocycles. The number of likely N-dealkylation sites (N-methyl/N-ethyl adjacent to an activating group) is 1.